The van der Waals surface area contributed by atoms with Crippen LogP contribution < -0.4 is 0 Å². The maximum absolute atomic E-state index is 10.4. The Hall–Kier alpha value is -0.640. The van der Waals surface area contributed by atoms with Crippen molar-refractivity contribution in [2.24, 2.45) is 0 Å². The molecule has 0 saturated heterocycles. The highest BCUT2D eigenvalue weighted by Crippen LogP contribution is 2.28. The summed E-state index contributed by atoms with van der Waals surface area (Å²) in [7, 11) is 0. The Morgan fingerprint density at radius 2 is 1.44 bits per heavy atom. The molecule has 1 atom stereocenters. The van der Waals surface area contributed by atoms with Crippen LogP contribution in [-0.4, -0.2) is 5.11 Å². The fraction of sp³-hybridized carbons (Fsp3) is 0.200. The largest absolute Gasteiger partial charge is 0.384 e. The quantitative estimate of drug-likeness (QED) is 0.797. The first-order valence-electron chi connectivity index (χ1n) is 5.68. The van der Waals surface area contributed by atoms with Crippen LogP contribution in [-0.2, 0) is 0 Å². The molecule has 0 fully saturated rings. The van der Waals surface area contributed by atoms with E-state index in [2.05, 4.69) is 45.7 Å². The van der Waals surface area contributed by atoms with Crippen molar-refractivity contribution in [3.8, 4) is 0 Å². The van der Waals surface area contributed by atoms with Crippen LogP contribution in [0.5, 0.6) is 0 Å². The predicted octanol–water partition coefficient (Wildman–Crippen LogP) is 4.91. The summed E-state index contributed by atoms with van der Waals surface area (Å²) in [5.74, 6) is 0. The summed E-state index contributed by atoms with van der Waals surface area (Å²) in [6.45, 7) is 4.13. The summed E-state index contributed by atoms with van der Waals surface area (Å²) in [6.07, 6.45) is -0.599. The van der Waals surface area contributed by atoms with Crippen LogP contribution in [0.1, 0.15) is 28.4 Å². The van der Waals surface area contributed by atoms with Gasteiger partial charge in [0.05, 0.1) is 0 Å². The molecule has 1 N–H and O–H groups in total. The summed E-state index contributed by atoms with van der Waals surface area (Å²) in [5, 5.41) is 10.4. The molecule has 18 heavy (non-hydrogen) atoms. The normalized spacial score (nSPS) is 12.5. The molecule has 0 bridgehead atoms. The van der Waals surface area contributed by atoms with E-state index in [1.54, 1.807) is 0 Å². The van der Waals surface area contributed by atoms with Gasteiger partial charge in [-0.2, -0.15) is 0 Å². The Balaban J connectivity index is 2.40. The van der Waals surface area contributed by atoms with Crippen molar-refractivity contribution in [3.05, 3.63) is 67.6 Å². The highest BCUT2D eigenvalue weighted by Gasteiger charge is 2.12. The second kappa shape index (κ2) is 5.55. The van der Waals surface area contributed by atoms with Gasteiger partial charge in [0.1, 0.15) is 6.10 Å². The number of aliphatic hydroxyl groups excluding tert-OH is 1. The Morgan fingerprint density at radius 1 is 0.833 bits per heavy atom. The van der Waals surface area contributed by atoms with Crippen LogP contribution >= 0.6 is 31.9 Å². The van der Waals surface area contributed by atoms with E-state index in [1.807, 2.05) is 36.4 Å². The number of hydrogen-bond donors (Lipinski definition) is 1. The van der Waals surface area contributed by atoms with Gasteiger partial charge in [-0.3, -0.25) is 0 Å². The van der Waals surface area contributed by atoms with Gasteiger partial charge in [0.15, 0.2) is 0 Å². The molecule has 2 aromatic rings. The van der Waals surface area contributed by atoms with E-state index in [4.69, 9.17) is 0 Å². The minimum atomic E-state index is -0.599. The second-order valence-corrected chi connectivity index (χ2v) is 6.28. The average Bonchev–Trinajstić information content (AvgIpc) is 2.30. The molecule has 2 rings (SSSR count). The number of aliphatic hydroxyl groups is 1. The first-order valence-corrected chi connectivity index (χ1v) is 7.27. The van der Waals surface area contributed by atoms with Gasteiger partial charge in [-0.1, -0.05) is 50.1 Å². The number of halogens is 2. The predicted molar refractivity (Wildman–Crippen MR) is 81.8 cm³/mol. The number of hydrogen-bond acceptors (Lipinski definition) is 1. The molecule has 1 nitrogen and oxygen atoms in total. The van der Waals surface area contributed by atoms with Crippen LogP contribution in [0.15, 0.2) is 45.3 Å². The molecule has 0 amide bonds. The van der Waals surface area contributed by atoms with Crippen molar-refractivity contribution in [2.75, 3.05) is 0 Å². The zero-order chi connectivity index (χ0) is 13.3. The molecule has 2 aromatic carbocycles. The van der Waals surface area contributed by atoms with Crippen LogP contribution in [0.25, 0.3) is 0 Å². The van der Waals surface area contributed by atoms with Gasteiger partial charge in [-0.15, -0.1) is 0 Å². The molecule has 0 saturated carbocycles. The minimum Gasteiger partial charge on any atom is -0.384 e. The van der Waals surface area contributed by atoms with Crippen LogP contribution in [0, 0.1) is 13.8 Å². The SMILES string of the molecule is Cc1ccc(C(O)c2cc(Br)cc(Br)c2)cc1C. The fourth-order valence-electron chi connectivity index (χ4n) is 1.86. The van der Waals surface area contributed by atoms with Crippen molar-refractivity contribution in [1.29, 1.82) is 0 Å². The van der Waals surface area contributed by atoms with Crippen LogP contribution in [0.4, 0.5) is 0 Å². The van der Waals surface area contributed by atoms with Crippen molar-refractivity contribution >= 4 is 31.9 Å². The molecule has 0 aromatic heterocycles. The third-order valence-electron chi connectivity index (χ3n) is 3.05. The molecule has 0 radical (unpaired) electrons. The highest BCUT2D eigenvalue weighted by molar-refractivity contribution is 9.11. The summed E-state index contributed by atoms with van der Waals surface area (Å²) >= 11 is 6.88. The van der Waals surface area contributed by atoms with Gasteiger partial charge in [0, 0.05) is 8.95 Å². The number of rotatable bonds is 2. The maximum Gasteiger partial charge on any atom is 0.104 e. The van der Waals surface area contributed by atoms with Crippen molar-refractivity contribution in [3.63, 3.8) is 0 Å². The standard InChI is InChI=1S/C15H14Br2O/c1-9-3-4-11(5-10(9)2)15(18)12-6-13(16)8-14(17)7-12/h3-8,15,18H,1-2H3. The lowest BCUT2D eigenvalue weighted by Crippen LogP contribution is -2.00. The zero-order valence-corrected chi connectivity index (χ0v) is 13.4. The number of aryl methyl sites for hydroxylation is 2. The lowest BCUT2D eigenvalue weighted by atomic mass is 9.98. The van der Waals surface area contributed by atoms with Gasteiger partial charge >= 0.3 is 0 Å². The average molecular weight is 370 g/mol. The van der Waals surface area contributed by atoms with Gasteiger partial charge in [0.25, 0.3) is 0 Å². The Labute approximate surface area is 124 Å². The third-order valence-corrected chi connectivity index (χ3v) is 3.96. The van der Waals surface area contributed by atoms with Crippen LogP contribution in [0.2, 0.25) is 0 Å². The lowest BCUT2D eigenvalue weighted by molar-refractivity contribution is 0.220. The number of benzene rings is 2. The van der Waals surface area contributed by atoms with E-state index in [-0.39, 0.29) is 0 Å². The second-order valence-electron chi connectivity index (χ2n) is 4.45. The van der Waals surface area contributed by atoms with Crippen LogP contribution in [0.3, 0.4) is 0 Å². The third kappa shape index (κ3) is 3.02. The van der Waals surface area contributed by atoms with Gasteiger partial charge < -0.3 is 5.11 Å². The molecule has 0 aliphatic heterocycles. The Morgan fingerprint density at radius 3 is 2.00 bits per heavy atom. The molecule has 0 aliphatic rings. The van der Waals surface area contributed by atoms with E-state index < -0.39 is 6.10 Å². The smallest absolute Gasteiger partial charge is 0.104 e. The summed E-state index contributed by atoms with van der Waals surface area (Å²) in [4.78, 5) is 0. The van der Waals surface area contributed by atoms with E-state index >= 15 is 0 Å². The molecule has 94 valence electrons. The maximum atomic E-state index is 10.4. The first-order chi connectivity index (χ1) is 8.47. The molecule has 1 unspecified atom stereocenters. The summed E-state index contributed by atoms with van der Waals surface area (Å²) < 4.78 is 1.91. The molecular weight excluding hydrogens is 356 g/mol. The van der Waals surface area contributed by atoms with Crippen molar-refractivity contribution in [1.82, 2.24) is 0 Å². The minimum absolute atomic E-state index is 0.599. The van der Waals surface area contributed by atoms with Crippen molar-refractivity contribution < 1.29 is 5.11 Å². The summed E-state index contributed by atoms with van der Waals surface area (Å²) in [5.41, 5.74) is 4.23. The van der Waals surface area contributed by atoms with Gasteiger partial charge in [0.2, 0.25) is 0 Å². The van der Waals surface area contributed by atoms with E-state index in [9.17, 15) is 5.11 Å². The van der Waals surface area contributed by atoms with E-state index in [1.165, 1.54) is 11.1 Å². The summed E-state index contributed by atoms with van der Waals surface area (Å²) in [6, 6.07) is 11.9. The Kier molecular flexibility index (Phi) is 4.25. The monoisotopic (exact) mass is 368 g/mol. The zero-order valence-electron chi connectivity index (χ0n) is 10.2. The van der Waals surface area contributed by atoms with Gasteiger partial charge in [-0.05, 0) is 54.3 Å². The fourth-order valence-corrected chi connectivity index (χ4v) is 3.19. The van der Waals surface area contributed by atoms with E-state index in [0.717, 1.165) is 20.1 Å². The molecule has 0 heterocycles. The molecule has 0 aliphatic carbocycles. The van der Waals surface area contributed by atoms with Gasteiger partial charge in [-0.25, -0.2) is 0 Å². The highest BCUT2D eigenvalue weighted by atomic mass is 79.9. The first kappa shape index (κ1) is 13.8. The van der Waals surface area contributed by atoms with E-state index in [0.29, 0.717) is 0 Å². The Bertz CT molecular complexity index is 558. The topological polar surface area (TPSA) is 20.2 Å². The molecular formula is C15H14Br2O. The molecule has 3 heteroatoms. The molecule has 0 spiro atoms. The van der Waals surface area contributed by atoms with Crippen molar-refractivity contribution in [2.45, 2.75) is 20.0 Å². The lowest BCUT2D eigenvalue weighted by Gasteiger charge is -2.14.